The first-order valence-electron chi connectivity index (χ1n) is 9.33. The van der Waals surface area contributed by atoms with E-state index in [1.165, 1.54) is 0 Å². The van der Waals surface area contributed by atoms with E-state index >= 15 is 0 Å². The van der Waals surface area contributed by atoms with Gasteiger partial charge in [0.15, 0.2) is 11.5 Å². The van der Waals surface area contributed by atoms with Gasteiger partial charge in [0.1, 0.15) is 6.61 Å². The number of phenolic OH excluding ortho intramolecular Hbond substituents is 1. The molecule has 4 rings (SSSR count). The Kier molecular flexibility index (Phi) is 4.98. The molecular formula is C23H22N2O3. The van der Waals surface area contributed by atoms with Crippen LogP contribution in [0.3, 0.4) is 0 Å². The minimum Gasteiger partial charge on any atom is -0.504 e. The number of pyridine rings is 1. The zero-order chi connectivity index (χ0) is 19.5. The molecule has 2 heterocycles. The van der Waals surface area contributed by atoms with Crippen molar-refractivity contribution < 1.29 is 14.6 Å². The first kappa shape index (κ1) is 18.0. The maximum Gasteiger partial charge on any atom is 0.227 e. The van der Waals surface area contributed by atoms with Gasteiger partial charge in [0.2, 0.25) is 5.91 Å². The highest BCUT2D eigenvalue weighted by Crippen LogP contribution is 2.38. The Hall–Kier alpha value is -3.34. The van der Waals surface area contributed by atoms with Crippen molar-refractivity contribution in [1.82, 2.24) is 9.88 Å². The van der Waals surface area contributed by atoms with Crippen molar-refractivity contribution in [2.45, 2.75) is 19.9 Å². The van der Waals surface area contributed by atoms with Crippen LogP contribution >= 0.6 is 0 Å². The van der Waals surface area contributed by atoms with Crippen molar-refractivity contribution in [2.24, 2.45) is 0 Å². The number of carbonyl (C=O) groups excluding carboxylic acids is 1. The fourth-order valence-electron chi connectivity index (χ4n) is 3.55. The number of ether oxygens (including phenoxy) is 1. The lowest BCUT2D eigenvalue weighted by Gasteiger charge is -2.20. The minimum atomic E-state index is 0.0310. The van der Waals surface area contributed by atoms with Crippen LogP contribution in [0.1, 0.15) is 16.7 Å². The van der Waals surface area contributed by atoms with Crippen molar-refractivity contribution in [3.05, 3.63) is 77.6 Å². The van der Waals surface area contributed by atoms with Gasteiger partial charge < -0.3 is 14.7 Å². The van der Waals surface area contributed by atoms with E-state index in [4.69, 9.17) is 4.74 Å². The SMILES string of the molecule is Cc1ccccc1-c1cc(O)c2c(c1)CN(C(=O)Cc1ccncc1)CCO2. The summed E-state index contributed by atoms with van der Waals surface area (Å²) in [4.78, 5) is 18.6. The summed E-state index contributed by atoms with van der Waals surface area (Å²) in [7, 11) is 0. The van der Waals surface area contributed by atoms with Gasteiger partial charge in [-0.3, -0.25) is 9.78 Å². The average Bonchev–Trinajstić information content (AvgIpc) is 2.92. The number of hydrogen-bond acceptors (Lipinski definition) is 4. The Morgan fingerprint density at radius 2 is 1.96 bits per heavy atom. The number of aromatic hydroxyl groups is 1. The number of amides is 1. The second-order valence-corrected chi connectivity index (χ2v) is 6.99. The van der Waals surface area contributed by atoms with Crippen LogP contribution in [0.5, 0.6) is 11.5 Å². The van der Waals surface area contributed by atoms with Gasteiger partial charge in [0.25, 0.3) is 0 Å². The fraction of sp³-hybridized carbons (Fsp3) is 0.217. The molecular weight excluding hydrogens is 352 g/mol. The van der Waals surface area contributed by atoms with Crippen LogP contribution in [0, 0.1) is 6.92 Å². The Balaban J connectivity index is 1.63. The third-order valence-corrected chi connectivity index (χ3v) is 5.03. The lowest BCUT2D eigenvalue weighted by atomic mass is 9.97. The predicted octanol–water partition coefficient (Wildman–Crippen LogP) is 3.73. The smallest absolute Gasteiger partial charge is 0.227 e. The molecule has 0 bridgehead atoms. The molecule has 1 N–H and O–H groups in total. The molecule has 142 valence electrons. The molecule has 5 heteroatoms. The van der Waals surface area contributed by atoms with Gasteiger partial charge in [-0.2, -0.15) is 0 Å². The van der Waals surface area contributed by atoms with Crippen LogP contribution in [0.25, 0.3) is 11.1 Å². The first-order chi connectivity index (χ1) is 13.6. The van der Waals surface area contributed by atoms with Gasteiger partial charge in [-0.15, -0.1) is 0 Å². The van der Waals surface area contributed by atoms with Crippen LogP contribution in [-0.4, -0.2) is 34.0 Å². The molecule has 1 aliphatic heterocycles. The summed E-state index contributed by atoms with van der Waals surface area (Å²) in [6.07, 6.45) is 3.70. The summed E-state index contributed by atoms with van der Waals surface area (Å²) in [5.41, 5.74) is 4.85. The number of nitrogens with zero attached hydrogens (tertiary/aromatic N) is 2. The Morgan fingerprint density at radius 1 is 1.18 bits per heavy atom. The van der Waals surface area contributed by atoms with E-state index in [0.717, 1.165) is 27.8 Å². The van der Waals surface area contributed by atoms with Crippen molar-refractivity contribution in [3.8, 4) is 22.6 Å². The highest BCUT2D eigenvalue weighted by Gasteiger charge is 2.23. The van der Waals surface area contributed by atoms with Gasteiger partial charge in [0.05, 0.1) is 13.0 Å². The number of rotatable bonds is 3. The molecule has 0 saturated carbocycles. The summed E-state index contributed by atoms with van der Waals surface area (Å²) in [5.74, 6) is 0.610. The van der Waals surface area contributed by atoms with E-state index in [9.17, 15) is 9.90 Å². The summed E-state index contributed by atoms with van der Waals surface area (Å²) in [6.45, 7) is 3.29. The maximum absolute atomic E-state index is 12.8. The zero-order valence-corrected chi connectivity index (χ0v) is 15.8. The molecule has 0 fully saturated rings. The highest BCUT2D eigenvalue weighted by atomic mass is 16.5. The quantitative estimate of drug-likeness (QED) is 0.759. The van der Waals surface area contributed by atoms with E-state index in [1.54, 1.807) is 23.4 Å². The normalized spacial score (nSPS) is 13.4. The van der Waals surface area contributed by atoms with Gasteiger partial charge >= 0.3 is 0 Å². The molecule has 0 radical (unpaired) electrons. The number of benzene rings is 2. The van der Waals surface area contributed by atoms with E-state index in [0.29, 0.717) is 31.9 Å². The molecule has 3 aromatic rings. The van der Waals surface area contributed by atoms with Crippen LogP contribution in [-0.2, 0) is 17.8 Å². The molecule has 1 aromatic heterocycles. The minimum absolute atomic E-state index is 0.0310. The number of carbonyl (C=O) groups is 1. The molecule has 28 heavy (non-hydrogen) atoms. The van der Waals surface area contributed by atoms with E-state index in [-0.39, 0.29) is 11.7 Å². The number of phenols is 1. The Labute approximate surface area is 164 Å². The molecule has 0 atom stereocenters. The molecule has 2 aromatic carbocycles. The molecule has 5 nitrogen and oxygen atoms in total. The van der Waals surface area contributed by atoms with Crippen molar-refractivity contribution >= 4 is 5.91 Å². The molecule has 1 aliphatic rings. The standard InChI is InChI=1S/C23H22N2O3/c1-16-4-2-3-5-20(16)18-13-19-15-25(10-11-28-23(19)21(26)14-18)22(27)12-17-6-8-24-9-7-17/h2-9,13-14,26H,10-12,15H2,1H3. The van der Waals surface area contributed by atoms with Gasteiger partial charge in [-0.25, -0.2) is 0 Å². The van der Waals surface area contributed by atoms with Crippen LogP contribution in [0.4, 0.5) is 0 Å². The zero-order valence-electron chi connectivity index (χ0n) is 15.8. The number of fused-ring (bicyclic) bond motifs is 1. The van der Waals surface area contributed by atoms with Crippen molar-refractivity contribution in [2.75, 3.05) is 13.2 Å². The lowest BCUT2D eigenvalue weighted by molar-refractivity contribution is -0.131. The van der Waals surface area contributed by atoms with E-state index < -0.39 is 0 Å². The predicted molar refractivity (Wildman–Crippen MR) is 107 cm³/mol. The van der Waals surface area contributed by atoms with Crippen LogP contribution in [0.2, 0.25) is 0 Å². The summed E-state index contributed by atoms with van der Waals surface area (Å²) in [6, 6.07) is 15.5. The number of hydrogen-bond donors (Lipinski definition) is 1. The second-order valence-electron chi connectivity index (χ2n) is 6.99. The Morgan fingerprint density at radius 3 is 2.75 bits per heavy atom. The molecule has 0 saturated heterocycles. The van der Waals surface area contributed by atoms with Gasteiger partial charge in [0, 0.05) is 24.5 Å². The van der Waals surface area contributed by atoms with Crippen LogP contribution < -0.4 is 4.74 Å². The molecule has 0 unspecified atom stereocenters. The Bertz CT molecular complexity index is 1000. The lowest BCUT2D eigenvalue weighted by Crippen LogP contribution is -2.33. The fourth-order valence-corrected chi connectivity index (χ4v) is 3.55. The maximum atomic E-state index is 12.8. The monoisotopic (exact) mass is 374 g/mol. The molecule has 1 amide bonds. The summed E-state index contributed by atoms with van der Waals surface area (Å²) < 4.78 is 5.78. The van der Waals surface area contributed by atoms with Crippen molar-refractivity contribution in [1.29, 1.82) is 0 Å². The van der Waals surface area contributed by atoms with Crippen LogP contribution in [0.15, 0.2) is 60.9 Å². The largest absolute Gasteiger partial charge is 0.504 e. The van der Waals surface area contributed by atoms with Crippen molar-refractivity contribution in [3.63, 3.8) is 0 Å². The van der Waals surface area contributed by atoms with E-state index in [2.05, 4.69) is 4.98 Å². The first-order valence-corrected chi connectivity index (χ1v) is 9.33. The molecule has 0 aliphatic carbocycles. The number of aromatic nitrogens is 1. The third kappa shape index (κ3) is 3.69. The van der Waals surface area contributed by atoms with Gasteiger partial charge in [-0.05, 0) is 53.4 Å². The third-order valence-electron chi connectivity index (χ3n) is 5.03. The van der Waals surface area contributed by atoms with Gasteiger partial charge in [-0.1, -0.05) is 24.3 Å². The molecule has 0 spiro atoms. The average molecular weight is 374 g/mol. The summed E-state index contributed by atoms with van der Waals surface area (Å²) in [5, 5.41) is 10.5. The van der Waals surface area contributed by atoms with E-state index in [1.807, 2.05) is 49.4 Å². The topological polar surface area (TPSA) is 62.7 Å². The highest BCUT2D eigenvalue weighted by molar-refractivity contribution is 5.79. The second kappa shape index (κ2) is 7.72. The summed E-state index contributed by atoms with van der Waals surface area (Å²) >= 11 is 0. The number of aryl methyl sites for hydroxylation is 1.